The lowest BCUT2D eigenvalue weighted by Gasteiger charge is -2.22. The largest absolute Gasteiger partial charge is 0.444 e. The maximum atomic E-state index is 11.8. The summed E-state index contributed by atoms with van der Waals surface area (Å²) < 4.78 is 5.31. The van der Waals surface area contributed by atoms with Gasteiger partial charge in [-0.3, -0.25) is 4.98 Å². The van der Waals surface area contributed by atoms with Gasteiger partial charge in [0.1, 0.15) is 5.60 Å². The fourth-order valence-electron chi connectivity index (χ4n) is 2.84. The third-order valence-electron chi connectivity index (χ3n) is 3.85. The van der Waals surface area contributed by atoms with Gasteiger partial charge in [0.15, 0.2) is 0 Å². The first-order chi connectivity index (χ1) is 10.3. The molecule has 1 heterocycles. The number of nitrogens with one attached hydrogen (secondary N) is 2. The summed E-state index contributed by atoms with van der Waals surface area (Å²) in [6.45, 7) is 7.79. The molecular formula is C17H27N3O2. The van der Waals surface area contributed by atoms with Crippen molar-refractivity contribution in [3.63, 3.8) is 0 Å². The van der Waals surface area contributed by atoms with E-state index < -0.39 is 5.60 Å². The van der Waals surface area contributed by atoms with E-state index in [1.807, 2.05) is 45.3 Å². The van der Waals surface area contributed by atoms with Crippen molar-refractivity contribution >= 4 is 6.09 Å². The van der Waals surface area contributed by atoms with Gasteiger partial charge in [-0.1, -0.05) is 0 Å². The zero-order valence-electron chi connectivity index (χ0n) is 13.9. The molecule has 5 heteroatoms. The molecule has 3 atom stereocenters. The Labute approximate surface area is 132 Å². The number of aromatic nitrogens is 1. The van der Waals surface area contributed by atoms with Crippen molar-refractivity contribution in [3.8, 4) is 0 Å². The monoisotopic (exact) mass is 305 g/mol. The molecule has 1 aliphatic carbocycles. The quantitative estimate of drug-likeness (QED) is 0.897. The van der Waals surface area contributed by atoms with E-state index in [0.717, 1.165) is 19.3 Å². The lowest BCUT2D eigenvalue weighted by atomic mass is 10.1. The van der Waals surface area contributed by atoms with Gasteiger partial charge in [0.2, 0.25) is 0 Å². The molecule has 0 bridgehead atoms. The van der Waals surface area contributed by atoms with E-state index in [-0.39, 0.29) is 18.2 Å². The number of carbonyl (C=O) groups is 1. The molecule has 1 amide bonds. The summed E-state index contributed by atoms with van der Waals surface area (Å²) in [4.78, 5) is 15.8. The summed E-state index contributed by atoms with van der Waals surface area (Å²) in [5.41, 5.74) is 0.787. The Kier molecular flexibility index (Phi) is 5.40. The Morgan fingerprint density at radius 3 is 2.55 bits per heavy atom. The van der Waals surface area contributed by atoms with E-state index in [2.05, 4.69) is 22.5 Å². The second-order valence-electron chi connectivity index (χ2n) is 7.02. The van der Waals surface area contributed by atoms with Gasteiger partial charge in [0.25, 0.3) is 0 Å². The molecule has 22 heavy (non-hydrogen) atoms. The van der Waals surface area contributed by atoms with Crippen LogP contribution in [-0.2, 0) is 4.74 Å². The molecule has 0 aliphatic heterocycles. The predicted octanol–water partition coefficient (Wildman–Crippen LogP) is 3.18. The fraction of sp³-hybridized carbons (Fsp3) is 0.647. The first kappa shape index (κ1) is 16.7. The van der Waals surface area contributed by atoms with E-state index in [1.54, 1.807) is 0 Å². The van der Waals surface area contributed by atoms with Gasteiger partial charge < -0.3 is 15.4 Å². The van der Waals surface area contributed by atoms with E-state index >= 15 is 0 Å². The molecule has 0 saturated heterocycles. The smallest absolute Gasteiger partial charge is 0.407 e. The fourth-order valence-corrected chi connectivity index (χ4v) is 2.84. The van der Waals surface area contributed by atoms with Crippen molar-refractivity contribution in [2.75, 3.05) is 0 Å². The first-order valence-electron chi connectivity index (χ1n) is 7.99. The Bertz CT molecular complexity index is 484. The number of alkyl carbamates (subject to hydrolysis) is 1. The molecule has 1 aromatic rings. The molecule has 1 aromatic heterocycles. The lowest BCUT2D eigenvalue weighted by Crippen LogP contribution is -2.39. The van der Waals surface area contributed by atoms with Gasteiger partial charge in [-0.25, -0.2) is 4.79 Å². The molecule has 2 unspecified atom stereocenters. The molecule has 1 fully saturated rings. The standard InChI is InChI=1S/C17H27N3O2/c1-12(13-7-9-18-10-8-13)19-14-5-6-15(11-14)20-16(21)22-17(2,3)4/h7-10,12,14-15,19H,5-6,11H2,1-4H3,(H,20,21)/t12-,14?,15?/m0/s1. The van der Waals surface area contributed by atoms with Crippen molar-refractivity contribution in [2.24, 2.45) is 0 Å². The third-order valence-corrected chi connectivity index (χ3v) is 3.85. The summed E-state index contributed by atoms with van der Waals surface area (Å²) in [6, 6.07) is 4.96. The highest BCUT2D eigenvalue weighted by atomic mass is 16.6. The number of nitrogens with zero attached hydrogens (tertiary/aromatic N) is 1. The molecular weight excluding hydrogens is 278 g/mol. The van der Waals surface area contributed by atoms with Gasteiger partial charge in [-0.15, -0.1) is 0 Å². The van der Waals surface area contributed by atoms with E-state index in [0.29, 0.717) is 6.04 Å². The van der Waals surface area contributed by atoms with Crippen LogP contribution in [0.15, 0.2) is 24.5 Å². The Balaban J connectivity index is 1.77. The molecule has 2 N–H and O–H groups in total. The Morgan fingerprint density at radius 2 is 1.91 bits per heavy atom. The van der Waals surface area contributed by atoms with Gasteiger partial charge >= 0.3 is 6.09 Å². The van der Waals surface area contributed by atoms with Gasteiger partial charge in [0, 0.05) is 30.5 Å². The molecule has 122 valence electrons. The van der Waals surface area contributed by atoms with E-state index in [4.69, 9.17) is 4.74 Å². The van der Waals surface area contributed by atoms with Crippen LogP contribution >= 0.6 is 0 Å². The molecule has 2 rings (SSSR count). The number of rotatable bonds is 4. The normalized spacial score (nSPS) is 23.1. The number of hydrogen-bond acceptors (Lipinski definition) is 4. The zero-order chi connectivity index (χ0) is 16.2. The van der Waals surface area contributed by atoms with Crippen LogP contribution < -0.4 is 10.6 Å². The maximum Gasteiger partial charge on any atom is 0.407 e. The van der Waals surface area contributed by atoms with Crippen molar-refractivity contribution in [1.29, 1.82) is 0 Å². The third kappa shape index (κ3) is 5.30. The number of ether oxygens (including phenoxy) is 1. The second kappa shape index (κ2) is 7.09. The van der Waals surface area contributed by atoms with Crippen molar-refractivity contribution in [2.45, 2.75) is 70.7 Å². The van der Waals surface area contributed by atoms with Gasteiger partial charge in [-0.05, 0) is 64.7 Å². The number of hydrogen-bond donors (Lipinski definition) is 2. The highest BCUT2D eigenvalue weighted by molar-refractivity contribution is 5.68. The number of amides is 1. The lowest BCUT2D eigenvalue weighted by molar-refractivity contribution is 0.0505. The molecule has 0 radical (unpaired) electrons. The Morgan fingerprint density at radius 1 is 1.27 bits per heavy atom. The average Bonchev–Trinajstić information content (AvgIpc) is 2.84. The van der Waals surface area contributed by atoms with E-state index in [1.165, 1.54) is 5.56 Å². The van der Waals surface area contributed by atoms with Crippen LogP contribution in [-0.4, -0.2) is 28.8 Å². The SMILES string of the molecule is C[C@H](NC1CCC(NC(=O)OC(C)(C)C)C1)c1ccncc1. The molecule has 1 aliphatic rings. The van der Waals surface area contributed by atoms with Gasteiger partial charge in [-0.2, -0.15) is 0 Å². The van der Waals surface area contributed by atoms with Crippen LogP contribution in [0.1, 0.15) is 58.6 Å². The van der Waals surface area contributed by atoms with Crippen LogP contribution in [0.3, 0.4) is 0 Å². The van der Waals surface area contributed by atoms with Crippen molar-refractivity contribution in [1.82, 2.24) is 15.6 Å². The van der Waals surface area contributed by atoms with Crippen LogP contribution in [0.5, 0.6) is 0 Å². The minimum Gasteiger partial charge on any atom is -0.444 e. The van der Waals surface area contributed by atoms with Crippen LogP contribution in [0.25, 0.3) is 0 Å². The highest BCUT2D eigenvalue weighted by Crippen LogP contribution is 2.23. The maximum absolute atomic E-state index is 11.8. The minimum atomic E-state index is -0.448. The molecule has 0 aromatic carbocycles. The number of carbonyl (C=O) groups excluding carboxylic acids is 1. The zero-order valence-corrected chi connectivity index (χ0v) is 13.9. The minimum absolute atomic E-state index is 0.192. The summed E-state index contributed by atoms with van der Waals surface area (Å²) in [6.07, 6.45) is 6.30. The summed E-state index contributed by atoms with van der Waals surface area (Å²) in [5.74, 6) is 0. The second-order valence-corrected chi connectivity index (χ2v) is 7.02. The highest BCUT2D eigenvalue weighted by Gasteiger charge is 2.28. The van der Waals surface area contributed by atoms with Crippen LogP contribution in [0.4, 0.5) is 4.79 Å². The van der Waals surface area contributed by atoms with Crippen molar-refractivity contribution < 1.29 is 9.53 Å². The summed E-state index contributed by atoms with van der Waals surface area (Å²) in [5, 5.41) is 6.59. The predicted molar refractivity (Wildman–Crippen MR) is 86.6 cm³/mol. The first-order valence-corrected chi connectivity index (χ1v) is 7.99. The summed E-state index contributed by atoms with van der Waals surface area (Å²) >= 11 is 0. The topological polar surface area (TPSA) is 63.2 Å². The van der Waals surface area contributed by atoms with E-state index in [9.17, 15) is 4.79 Å². The Hall–Kier alpha value is -1.62. The molecule has 0 spiro atoms. The average molecular weight is 305 g/mol. The number of pyridine rings is 1. The summed E-state index contributed by atoms with van der Waals surface area (Å²) in [7, 11) is 0. The molecule has 5 nitrogen and oxygen atoms in total. The van der Waals surface area contributed by atoms with Gasteiger partial charge in [0.05, 0.1) is 0 Å². The van der Waals surface area contributed by atoms with Crippen molar-refractivity contribution in [3.05, 3.63) is 30.1 Å². The van der Waals surface area contributed by atoms with Crippen LogP contribution in [0.2, 0.25) is 0 Å². The van der Waals surface area contributed by atoms with Crippen LogP contribution in [0, 0.1) is 0 Å². The molecule has 1 saturated carbocycles.